The van der Waals surface area contributed by atoms with Gasteiger partial charge >= 0.3 is 0 Å². The molecule has 1 aliphatic carbocycles. The lowest BCUT2D eigenvalue weighted by Gasteiger charge is -2.21. The number of thioether (sulfide) groups is 1. The third-order valence-electron chi connectivity index (χ3n) is 5.23. The Hall–Kier alpha value is -2.45. The molecule has 0 spiro atoms. The van der Waals surface area contributed by atoms with E-state index in [1.807, 2.05) is 32.0 Å². The summed E-state index contributed by atoms with van der Waals surface area (Å²) in [6.45, 7) is 3.74. The predicted octanol–water partition coefficient (Wildman–Crippen LogP) is 4.29. The number of anilines is 2. The zero-order chi connectivity index (χ0) is 26.3. The molecular weight excluding hydrogens is 521 g/mol. The van der Waals surface area contributed by atoms with E-state index in [0.717, 1.165) is 11.8 Å². The maximum atomic E-state index is 12.5. The van der Waals surface area contributed by atoms with Crippen LogP contribution >= 0.6 is 35.0 Å². The Morgan fingerprint density at radius 3 is 2.64 bits per heavy atom. The first-order valence-electron chi connectivity index (χ1n) is 11.3. The summed E-state index contributed by atoms with van der Waals surface area (Å²) in [4.78, 5) is 12.5. The summed E-state index contributed by atoms with van der Waals surface area (Å²) in [7, 11) is 0. The topological polar surface area (TPSA) is 126 Å². The van der Waals surface area contributed by atoms with Gasteiger partial charge in [-0.1, -0.05) is 52.9 Å². The summed E-state index contributed by atoms with van der Waals surface area (Å²) in [6, 6.07) is 10.8. The second-order valence-corrected chi connectivity index (χ2v) is 10.4. The summed E-state index contributed by atoms with van der Waals surface area (Å²) in [5.41, 5.74) is 2.11. The van der Waals surface area contributed by atoms with Gasteiger partial charge in [0.15, 0.2) is 0 Å². The molecule has 36 heavy (non-hydrogen) atoms. The maximum absolute atomic E-state index is 12.5. The molecule has 0 atom stereocenters. The van der Waals surface area contributed by atoms with Gasteiger partial charge in [-0.2, -0.15) is 5.10 Å². The second-order valence-electron chi connectivity index (χ2n) is 8.63. The van der Waals surface area contributed by atoms with Crippen LogP contribution in [0.25, 0.3) is 0 Å². The van der Waals surface area contributed by atoms with Gasteiger partial charge in [0, 0.05) is 5.56 Å². The molecule has 1 aliphatic rings. The van der Waals surface area contributed by atoms with Crippen LogP contribution < -0.4 is 22.0 Å². The Kier molecular flexibility index (Phi) is 9.91. The number of ether oxygens (including phenoxy) is 1. The molecule has 0 unspecified atom stereocenters. The molecule has 0 bridgehead atoms. The minimum Gasteiger partial charge on any atom is -0.394 e. The van der Waals surface area contributed by atoms with Gasteiger partial charge in [0.05, 0.1) is 40.4 Å². The Bertz CT molecular complexity index is 1190. The summed E-state index contributed by atoms with van der Waals surface area (Å²) >= 11 is 13.8. The van der Waals surface area contributed by atoms with E-state index in [1.54, 1.807) is 18.2 Å². The van der Waals surface area contributed by atoms with Crippen LogP contribution in [0.5, 0.6) is 0 Å². The number of benzene rings is 2. The normalized spacial score (nSPS) is 13.7. The molecule has 1 amide bonds. The van der Waals surface area contributed by atoms with Crippen LogP contribution in [0.4, 0.5) is 11.4 Å². The Morgan fingerprint density at radius 1 is 1.28 bits per heavy atom. The molecule has 0 heterocycles. The van der Waals surface area contributed by atoms with E-state index in [9.17, 15) is 4.79 Å². The number of carbonyl (C=O) groups is 1. The van der Waals surface area contributed by atoms with Crippen molar-refractivity contribution in [2.24, 2.45) is 16.8 Å². The molecule has 0 aromatic heterocycles. The fraction of sp³-hybridized carbons (Fsp3) is 0.360. The van der Waals surface area contributed by atoms with Crippen LogP contribution in [0, 0.1) is 11.8 Å². The molecule has 0 radical (unpaired) electrons. The van der Waals surface area contributed by atoms with E-state index < -0.39 is 5.60 Å². The van der Waals surface area contributed by atoms with Crippen LogP contribution in [-0.4, -0.2) is 40.7 Å². The number of rotatable bonds is 8. The zero-order valence-corrected chi connectivity index (χ0v) is 22.4. The molecule has 0 aliphatic heterocycles. The number of carbonyl (C=O) groups excluding carboxylic acids is 1. The average molecular weight is 551 g/mol. The lowest BCUT2D eigenvalue weighted by molar-refractivity contribution is -0.113. The number of nitrogens with two attached hydrogens (primary N) is 2. The van der Waals surface area contributed by atoms with Crippen molar-refractivity contribution >= 4 is 57.4 Å². The summed E-state index contributed by atoms with van der Waals surface area (Å²) < 4.78 is 5.48. The average Bonchev–Trinajstić information content (AvgIpc) is 3.69. The van der Waals surface area contributed by atoms with Gasteiger partial charge in [0.25, 0.3) is 0 Å². The van der Waals surface area contributed by atoms with Crippen LogP contribution in [-0.2, 0) is 9.53 Å². The van der Waals surface area contributed by atoms with Gasteiger partial charge in [-0.3, -0.25) is 9.80 Å². The smallest absolute Gasteiger partial charge is 0.234 e. The Labute approximate surface area is 225 Å². The van der Waals surface area contributed by atoms with Crippen LogP contribution in [0.1, 0.15) is 43.7 Å². The predicted molar refractivity (Wildman–Crippen MR) is 148 cm³/mol. The van der Waals surface area contributed by atoms with Gasteiger partial charge < -0.3 is 21.0 Å². The first-order valence-corrected chi connectivity index (χ1v) is 13.0. The highest BCUT2D eigenvalue weighted by Gasteiger charge is 2.25. The van der Waals surface area contributed by atoms with Gasteiger partial charge in [0.1, 0.15) is 5.60 Å². The van der Waals surface area contributed by atoms with E-state index in [0.29, 0.717) is 32.9 Å². The van der Waals surface area contributed by atoms with Crippen molar-refractivity contribution in [3.63, 3.8) is 0 Å². The highest BCUT2D eigenvalue weighted by Crippen LogP contribution is 2.42. The van der Waals surface area contributed by atoms with Gasteiger partial charge in [-0.15, -0.1) is 0 Å². The molecule has 8 nitrogen and oxygen atoms in total. The van der Waals surface area contributed by atoms with Crippen molar-refractivity contribution in [2.45, 2.75) is 38.2 Å². The summed E-state index contributed by atoms with van der Waals surface area (Å²) in [6.07, 6.45) is 2.34. The van der Waals surface area contributed by atoms with Gasteiger partial charge in [-0.25, -0.2) is 5.84 Å². The number of nitrogens with one attached hydrogen (secondary N) is 1. The van der Waals surface area contributed by atoms with Crippen LogP contribution in [0.3, 0.4) is 0 Å². The third kappa shape index (κ3) is 8.03. The monoisotopic (exact) mass is 549 g/mol. The van der Waals surface area contributed by atoms with E-state index in [2.05, 4.69) is 22.3 Å². The number of halogens is 2. The minimum atomic E-state index is -0.720. The second kappa shape index (κ2) is 12.7. The lowest BCUT2D eigenvalue weighted by Crippen LogP contribution is -2.37. The Balaban J connectivity index is 1.57. The lowest BCUT2D eigenvalue weighted by atomic mass is 10.1. The van der Waals surface area contributed by atoms with Gasteiger partial charge in [0.2, 0.25) is 11.1 Å². The minimum absolute atomic E-state index is 0.00419. The maximum Gasteiger partial charge on any atom is 0.234 e. The molecule has 2 aromatic rings. The fourth-order valence-electron chi connectivity index (χ4n) is 3.23. The van der Waals surface area contributed by atoms with Crippen molar-refractivity contribution in [1.29, 1.82) is 0 Å². The molecular formula is C25H29Cl2N5O3S. The van der Waals surface area contributed by atoms with Crippen molar-refractivity contribution < 1.29 is 14.6 Å². The molecule has 3 rings (SSSR count). The van der Waals surface area contributed by atoms with Crippen molar-refractivity contribution in [3.05, 3.63) is 57.6 Å². The molecule has 2 aromatic carbocycles. The number of hydrogen-bond donors (Lipinski definition) is 4. The van der Waals surface area contributed by atoms with E-state index in [4.69, 9.17) is 44.7 Å². The van der Waals surface area contributed by atoms with Crippen molar-refractivity contribution in [1.82, 2.24) is 0 Å². The molecule has 6 N–H and O–H groups in total. The number of amides is 1. The molecule has 192 valence electrons. The largest absolute Gasteiger partial charge is 0.394 e. The molecule has 11 heteroatoms. The number of aliphatic hydroxyl groups excluding tert-OH is 1. The highest BCUT2D eigenvalue weighted by molar-refractivity contribution is 8.14. The number of amidine groups is 1. The number of hydrogen-bond acceptors (Lipinski definition) is 7. The first-order chi connectivity index (χ1) is 17.1. The fourth-order valence-corrected chi connectivity index (χ4v) is 4.38. The van der Waals surface area contributed by atoms with Crippen molar-refractivity contribution in [3.8, 4) is 11.8 Å². The van der Waals surface area contributed by atoms with Crippen molar-refractivity contribution in [2.75, 3.05) is 29.3 Å². The van der Waals surface area contributed by atoms with Gasteiger partial charge in [-0.05, 0) is 68.5 Å². The van der Waals surface area contributed by atoms with Crippen LogP contribution in [0.2, 0.25) is 10.0 Å². The SMILES string of the molecule is CC(C)(C#Cc1ccc(NC(=O)CS/C(=N/N)N(N)c2ccc(C3CC3)cc2Cl)c(Cl)c1)OCCO. The Morgan fingerprint density at radius 2 is 2.03 bits per heavy atom. The molecule has 1 fully saturated rings. The highest BCUT2D eigenvalue weighted by atomic mass is 35.5. The summed E-state index contributed by atoms with van der Waals surface area (Å²) in [5.74, 6) is 17.9. The third-order valence-corrected chi connectivity index (χ3v) is 6.82. The number of aliphatic hydroxyl groups is 1. The standard InChI is InChI=1S/C25H29Cl2N5O3S/c1-25(2,35-12-11-33)10-9-16-3-7-21(19(26)13-16)30-23(34)15-36-24(31-28)32(29)22-8-6-18(14-20(22)27)17-4-5-17/h3,6-8,13-14,17,33H,4-5,11-12,15,28-29H2,1-2H3,(H,30,34)/b31-24+. The quantitative estimate of drug-likeness (QED) is 0.127. The zero-order valence-electron chi connectivity index (χ0n) is 20.1. The van der Waals surface area contributed by atoms with E-state index in [-0.39, 0.29) is 30.0 Å². The molecule has 1 saturated carbocycles. The molecule has 0 saturated heterocycles. The van der Waals surface area contributed by atoms with Crippen LogP contribution in [0.15, 0.2) is 41.5 Å². The summed E-state index contributed by atoms with van der Waals surface area (Å²) in [5, 5.41) is 17.7. The first kappa shape index (κ1) is 28.1. The van der Waals surface area contributed by atoms with E-state index >= 15 is 0 Å². The van der Waals surface area contributed by atoms with E-state index in [1.165, 1.54) is 23.4 Å². The number of nitrogens with zero attached hydrogens (tertiary/aromatic N) is 2. The number of hydrazine groups is 1. The number of hydrazone groups is 1.